The van der Waals surface area contributed by atoms with Gasteiger partial charge in [-0.25, -0.2) is 0 Å². The van der Waals surface area contributed by atoms with Crippen molar-refractivity contribution in [3.8, 4) is 0 Å². The minimum atomic E-state index is 0.259. The van der Waals surface area contributed by atoms with Gasteiger partial charge in [-0.2, -0.15) is 0 Å². The molecule has 20 heavy (non-hydrogen) atoms. The zero-order valence-electron chi connectivity index (χ0n) is 12.4. The van der Waals surface area contributed by atoms with E-state index in [0.29, 0.717) is 26.7 Å². The van der Waals surface area contributed by atoms with Crippen LogP contribution in [0.5, 0.6) is 0 Å². The molecular formula is C18H22OSe. The molecule has 106 valence electrons. The predicted molar refractivity (Wildman–Crippen MR) is 82.5 cm³/mol. The first-order chi connectivity index (χ1) is 9.45. The monoisotopic (exact) mass is 334 g/mol. The quantitative estimate of drug-likeness (QED) is 0.487. The van der Waals surface area contributed by atoms with E-state index in [2.05, 4.69) is 39.0 Å². The number of carbonyl (C=O) groups excluding carboxylic acids is 1. The van der Waals surface area contributed by atoms with Gasteiger partial charge in [-0.3, -0.25) is 0 Å². The molecule has 5 atom stereocenters. The summed E-state index contributed by atoms with van der Waals surface area (Å²) in [5.74, 6) is 3.19. The van der Waals surface area contributed by atoms with Crippen LogP contribution in [-0.2, 0) is 4.79 Å². The van der Waals surface area contributed by atoms with Crippen molar-refractivity contribution in [2.75, 3.05) is 0 Å². The van der Waals surface area contributed by atoms with Gasteiger partial charge < -0.3 is 0 Å². The first kappa shape index (κ1) is 13.1. The summed E-state index contributed by atoms with van der Waals surface area (Å²) in [6.45, 7) is 7.05. The van der Waals surface area contributed by atoms with E-state index in [1.165, 1.54) is 6.42 Å². The van der Waals surface area contributed by atoms with Crippen LogP contribution in [0.3, 0.4) is 0 Å². The third-order valence-electron chi connectivity index (χ3n) is 5.38. The second-order valence-electron chi connectivity index (χ2n) is 7.75. The Hall–Kier alpha value is -0.591. The molecule has 0 N–H and O–H groups in total. The number of rotatable bonds is 0. The molecule has 1 fully saturated rings. The van der Waals surface area contributed by atoms with Crippen molar-refractivity contribution in [3.63, 3.8) is 0 Å². The summed E-state index contributed by atoms with van der Waals surface area (Å²) in [4.78, 5) is 12.8. The molecule has 2 bridgehead atoms. The summed E-state index contributed by atoms with van der Waals surface area (Å²) in [6.07, 6.45) is 11.0. The maximum atomic E-state index is 11.9. The van der Waals surface area contributed by atoms with E-state index in [0.717, 1.165) is 29.0 Å². The predicted octanol–water partition coefficient (Wildman–Crippen LogP) is 3.76. The van der Waals surface area contributed by atoms with Crippen LogP contribution in [0.4, 0.5) is 0 Å². The molecule has 0 aromatic carbocycles. The van der Waals surface area contributed by atoms with Crippen LogP contribution in [0.15, 0.2) is 34.3 Å². The van der Waals surface area contributed by atoms with Gasteiger partial charge in [0.1, 0.15) is 0 Å². The van der Waals surface area contributed by atoms with E-state index in [1.54, 1.807) is 10.0 Å². The van der Waals surface area contributed by atoms with E-state index in [1.807, 2.05) is 6.08 Å². The van der Waals surface area contributed by atoms with Crippen LogP contribution in [-0.4, -0.2) is 20.7 Å². The van der Waals surface area contributed by atoms with Crippen molar-refractivity contribution < 1.29 is 4.79 Å². The zero-order chi connectivity index (χ0) is 14.1. The van der Waals surface area contributed by atoms with Crippen LogP contribution in [0.1, 0.15) is 33.6 Å². The fourth-order valence-electron chi connectivity index (χ4n) is 4.61. The topological polar surface area (TPSA) is 17.1 Å². The molecule has 0 radical (unpaired) electrons. The summed E-state index contributed by atoms with van der Waals surface area (Å²) in [7, 11) is 0. The summed E-state index contributed by atoms with van der Waals surface area (Å²) < 4.78 is 1.68. The van der Waals surface area contributed by atoms with Crippen LogP contribution >= 0.6 is 0 Å². The molecule has 0 amide bonds. The molecule has 0 unspecified atom stereocenters. The Labute approximate surface area is 127 Å². The van der Waals surface area contributed by atoms with Gasteiger partial charge in [0.05, 0.1) is 0 Å². The molecular weight excluding hydrogens is 311 g/mol. The average Bonchev–Trinajstić information content (AvgIpc) is 2.97. The van der Waals surface area contributed by atoms with Gasteiger partial charge in [-0.15, -0.1) is 0 Å². The second-order valence-corrected chi connectivity index (χ2v) is 10.2. The Bertz CT molecular complexity index is 560. The third-order valence-corrected chi connectivity index (χ3v) is 9.61. The first-order valence-electron chi connectivity index (χ1n) is 7.75. The van der Waals surface area contributed by atoms with Gasteiger partial charge in [0.2, 0.25) is 0 Å². The first-order valence-corrected chi connectivity index (χ1v) is 9.60. The zero-order valence-corrected chi connectivity index (χ0v) is 14.1. The molecule has 0 spiro atoms. The van der Waals surface area contributed by atoms with E-state index < -0.39 is 0 Å². The number of ketones is 1. The molecule has 4 aliphatic rings. The Kier molecular flexibility index (Phi) is 2.76. The number of fused-ring (bicyclic) bond motifs is 7. The maximum absolute atomic E-state index is 11.9. The fourth-order valence-corrected chi connectivity index (χ4v) is 8.61. The third kappa shape index (κ3) is 1.77. The van der Waals surface area contributed by atoms with Crippen molar-refractivity contribution in [1.82, 2.24) is 0 Å². The Morgan fingerprint density at radius 2 is 1.90 bits per heavy atom. The van der Waals surface area contributed by atoms with Crippen LogP contribution in [0.25, 0.3) is 0 Å². The Morgan fingerprint density at radius 1 is 1.15 bits per heavy atom. The number of hydrogen-bond donors (Lipinski definition) is 0. The summed E-state index contributed by atoms with van der Waals surface area (Å²) in [5.41, 5.74) is 1.80. The van der Waals surface area contributed by atoms with Crippen molar-refractivity contribution in [2.45, 2.75) is 38.4 Å². The SMILES string of the molecule is CC(C)(C)C1=C2C=CC(=O)C[C@H]2[C@H]2[C@@H]([Se]1)[C@@H]1C=C[C@H]2C1. The van der Waals surface area contributed by atoms with Crippen molar-refractivity contribution >= 4 is 20.7 Å². The van der Waals surface area contributed by atoms with Gasteiger partial charge >= 0.3 is 127 Å². The van der Waals surface area contributed by atoms with Gasteiger partial charge in [-0.05, 0) is 0 Å². The van der Waals surface area contributed by atoms with E-state index in [-0.39, 0.29) is 5.41 Å². The number of allylic oxidation sites excluding steroid dienone is 6. The summed E-state index contributed by atoms with van der Waals surface area (Å²) >= 11 is 0.601. The summed E-state index contributed by atoms with van der Waals surface area (Å²) in [6, 6.07) is 0. The average molecular weight is 333 g/mol. The van der Waals surface area contributed by atoms with Gasteiger partial charge in [-0.1, -0.05) is 0 Å². The number of hydrogen-bond acceptors (Lipinski definition) is 1. The van der Waals surface area contributed by atoms with Gasteiger partial charge in [0.15, 0.2) is 0 Å². The van der Waals surface area contributed by atoms with E-state index in [9.17, 15) is 4.79 Å². The minimum absolute atomic E-state index is 0.259. The molecule has 2 heteroatoms. The van der Waals surface area contributed by atoms with Crippen LogP contribution in [0.2, 0.25) is 4.82 Å². The van der Waals surface area contributed by atoms with E-state index >= 15 is 0 Å². The molecule has 1 heterocycles. The molecule has 1 nitrogen and oxygen atoms in total. The van der Waals surface area contributed by atoms with Gasteiger partial charge in [0.25, 0.3) is 0 Å². The van der Waals surface area contributed by atoms with Crippen molar-refractivity contribution in [3.05, 3.63) is 34.3 Å². The summed E-state index contributed by atoms with van der Waals surface area (Å²) in [5, 5.41) is 0. The van der Waals surface area contributed by atoms with Gasteiger partial charge in [0, 0.05) is 0 Å². The Morgan fingerprint density at radius 3 is 2.65 bits per heavy atom. The standard InChI is InChI=1S/C18H22OSe/c1-18(2,3)17-13-7-6-12(19)9-14(13)15-10-4-5-11(8-10)16(15)20-17/h4-7,10-11,14-16H,8-9H2,1-3H3/t10-,11+,14+,15-,16-/m0/s1. The van der Waals surface area contributed by atoms with Crippen molar-refractivity contribution in [1.29, 1.82) is 0 Å². The molecule has 0 aromatic rings. The van der Waals surface area contributed by atoms with E-state index in [4.69, 9.17) is 0 Å². The fraction of sp³-hybridized carbons (Fsp3) is 0.611. The van der Waals surface area contributed by atoms with Crippen molar-refractivity contribution in [2.24, 2.45) is 29.1 Å². The second kappa shape index (κ2) is 4.21. The molecule has 4 rings (SSSR count). The normalized spacial score (nSPS) is 42.1. The van der Waals surface area contributed by atoms with Crippen LogP contribution < -0.4 is 0 Å². The molecule has 0 aromatic heterocycles. The molecule has 1 saturated carbocycles. The molecule has 3 aliphatic carbocycles. The Balaban J connectivity index is 1.84. The van der Waals surface area contributed by atoms with Crippen LogP contribution in [0, 0.1) is 29.1 Å². The number of carbonyl (C=O) groups is 1. The molecule has 0 saturated heterocycles. The molecule has 1 aliphatic heterocycles.